The van der Waals surface area contributed by atoms with Gasteiger partial charge in [-0.05, 0) is 25.1 Å². The maximum absolute atomic E-state index is 6.10. The third kappa shape index (κ3) is 3.18. The van der Waals surface area contributed by atoms with E-state index in [-0.39, 0.29) is 0 Å². The largest absolute Gasteiger partial charge is 0.459 e. The van der Waals surface area contributed by atoms with Crippen LogP contribution >= 0.6 is 23.5 Å². The predicted molar refractivity (Wildman–Crippen MR) is 90.8 cm³/mol. The zero-order valence-electron chi connectivity index (χ0n) is 11.8. The first kappa shape index (κ1) is 14.4. The van der Waals surface area contributed by atoms with Gasteiger partial charge in [0.15, 0.2) is 0 Å². The van der Waals surface area contributed by atoms with Crippen LogP contribution in [-0.4, -0.2) is 29.1 Å². The SMILES string of the molecule is CCCNC(c1cc2ccccc2o1)C1CSCCS1. The summed E-state index contributed by atoms with van der Waals surface area (Å²) in [6, 6.07) is 10.8. The van der Waals surface area contributed by atoms with Crippen molar-refractivity contribution in [3.8, 4) is 0 Å². The van der Waals surface area contributed by atoms with Crippen molar-refractivity contribution in [2.24, 2.45) is 0 Å². The molecule has 1 aromatic heterocycles. The molecule has 0 aliphatic carbocycles. The Bertz CT molecular complexity index is 515. The van der Waals surface area contributed by atoms with Crippen LogP contribution in [0.4, 0.5) is 0 Å². The molecular weight excluding hydrogens is 286 g/mol. The highest BCUT2D eigenvalue weighted by molar-refractivity contribution is 8.06. The third-order valence-corrected chi connectivity index (χ3v) is 6.44. The Hall–Kier alpha value is -0.580. The maximum Gasteiger partial charge on any atom is 0.134 e. The average molecular weight is 307 g/mol. The van der Waals surface area contributed by atoms with E-state index in [2.05, 4.69) is 60.0 Å². The summed E-state index contributed by atoms with van der Waals surface area (Å²) in [7, 11) is 0. The number of furan rings is 1. The number of hydrogen-bond acceptors (Lipinski definition) is 4. The third-order valence-electron chi connectivity index (χ3n) is 3.58. The molecule has 2 atom stereocenters. The molecule has 0 spiro atoms. The molecule has 2 heterocycles. The summed E-state index contributed by atoms with van der Waals surface area (Å²) in [5.74, 6) is 4.84. The first-order chi connectivity index (χ1) is 9.88. The normalized spacial score (nSPS) is 21.1. The van der Waals surface area contributed by atoms with Crippen LogP contribution in [0.1, 0.15) is 25.1 Å². The summed E-state index contributed by atoms with van der Waals surface area (Å²) in [6.07, 6.45) is 1.15. The molecule has 1 aromatic carbocycles. The van der Waals surface area contributed by atoms with Gasteiger partial charge in [0.1, 0.15) is 11.3 Å². The van der Waals surface area contributed by atoms with Gasteiger partial charge in [0.25, 0.3) is 0 Å². The van der Waals surface area contributed by atoms with Gasteiger partial charge in [-0.1, -0.05) is 25.1 Å². The van der Waals surface area contributed by atoms with Crippen LogP contribution in [0, 0.1) is 0 Å². The minimum Gasteiger partial charge on any atom is -0.459 e. The standard InChI is InChI=1S/C16H21NOS2/c1-2-7-17-16(15-11-19-8-9-20-15)14-10-12-5-3-4-6-13(12)18-14/h3-6,10,15-17H,2,7-9,11H2,1H3. The van der Waals surface area contributed by atoms with E-state index in [4.69, 9.17) is 4.42 Å². The average Bonchev–Trinajstić information content (AvgIpc) is 2.92. The molecule has 2 unspecified atom stereocenters. The van der Waals surface area contributed by atoms with E-state index in [1.807, 2.05) is 6.07 Å². The van der Waals surface area contributed by atoms with Crippen LogP contribution in [0.15, 0.2) is 34.7 Å². The molecule has 1 N–H and O–H groups in total. The van der Waals surface area contributed by atoms with Crippen molar-refractivity contribution < 1.29 is 4.42 Å². The molecule has 1 fully saturated rings. The smallest absolute Gasteiger partial charge is 0.134 e. The van der Waals surface area contributed by atoms with Crippen molar-refractivity contribution in [2.45, 2.75) is 24.6 Å². The van der Waals surface area contributed by atoms with E-state index in [0.717, 1.165) is 24.3 Å². The van der Waals surface area contributed by atoms with Gasteiger partial charge in [-0.25, -0.2) is 0 Å². The van der Waals surface area contributed by atoms with Crippen molar-refractivity contribution in [1.29, 1.82) is 0 Å². The van der Waals surface area contributed by atoms with E-state index in [9.17, 15) is 0 Å². The zero-order valence-corrected chi connectivity index (χ0v) is 13.4. The lowest BCUT2D eigenvalue weighted by molar-refractivity contribution is 0.429. The molecule has 1 aliphatic heterocycles. The molecule has 0 radical (unpaired) electrons. The maximum atomic E-state index is 6.10. The Kier molecular flexibility index (Phi) is 4.97. The molecular formula is C16H21NOS2. The van der Waals surface area contributed by atoms with Crippen LogP contribution < -0.4 is 5.32 Å². The fourth-order valence-electron chi connectivity index (χ4n) is 2.57. The number of para-hydroxylation sites is 1. The quantitative estimate of drug-likeness (QED) is 0.889. The van der Waals surface area contributed by atoms with Gasteiger partial charge in [-0.15, -0.1) is 0 Å². The summed E-state index contributed by atoms with van der Waals surface area (Å²) in [6.45, 7) is 3.26. The summed E-state index contributed by atoms with van der Waals surface area (Å²) in [5.41, 5.74) is 0.999. The second-order valence-corrected chi connectivity index (χ2v) is 7.60. The van der Waals surface area contributed by atoms with Crippen LogP contribution in [0.25, 0.3) is 11.0 Å². The Balaban J connectivity index is 1.86. The number of fused-ring (bicyclic) bond motifs is 1. The van der Waals surface area contributed by atoms with Crippen LogP contribution in [0.3, 0.4) is 0 Å². The lowest BCUT2D eigenvalue weighted by atomic mass is 10.1. The molecule has 0 saturated carbocycles. The first-order valence-electron chi connectivity index (χ1n) is 7.29. The fourth-order valence-corrected chi connectivity index (χ4v) is 5.42. The van der Waals surface area contributed by atoms with Crippen LogP contribution in [0.5, 0.6) is 0 Å². The van der Waals surface area contributed by atoms with Crippen molar-refractivity contribution in [1.82, 2.24) is 5.32 Å². The topological polar surface area (TPSA) is 25.2 Å². The Morgan fingerprint density at radius 1 is 1.35 bits per heavy atom. The van der Waals surface area contributed by atoms with E-state index in [1.165, 1.54) is 22.6 Å². The molecule has 2 nitrogen and oxygen atoms in total. The van der Waals surface area contributed by atoms with E-state index >= 15 is 0 Å². The Morgan fingerprint density at radius 3 is 3.00 bits per heavy atom. The zero-order chi connectivity index (χ0) is 13.8. The van der Waals surface area contributed by atoms with Gasteiger partial charge in [0.05, 0.1) is 6.04 Å². The van der Waals surface area contributed by atoms with Gasteiger partial charge < -0.3 is 9.73 Å². The Morgan fingerprint density at radius 2 is 2.25 bits per heavy atom. The van der Waals surface area contributed by atoms with Gasteiger partial charge >= 0.3 is 0 Å². The van der Waals surface area contributed by atoms with E-state index in [0.29, 0.717) is 11.3 Å². The van der Waals surface area contributed by atoms with Gasteiger partial charge in [0.2, 0.25) is 0 Å². The van der Waals surface area contributed by atoms with Gasteiger partial charge in [-0.3, -0.25) is 0 Å². The second-order valence-electron chi connectivity index (χ2n) is 5.10. The molecule has 2 aromatic rings. The highest BCUT2D eigenvalue weighted by Crippen LogP contribution is 2.35. The summed E-state index contributed by atoms with van der Waals surface area (Å²) in [4.78, 5) is 0. The van der Waals surface area contributed by atoms with E-state index in [1.54, 1.807) is 0 Å². The van der Waals surface area contributed by atoms with E-state index < -0.39 is 0 Å². The second kappa shape index (κ2) is 6.92. The minimum absolute atomic E-state index is 0.333. The number of nitrogens with one attached hydrogen (secondary N) is 1. The first-order valence-corrected chi connectivity index (χ1v) is 9.50. The fraction of sp³-hybridized carbons (Fsp3) is 0.500. The number of rotatable bonds is 5. The highest BCUT2D eigenvalue weighted by Gasteiger charge is 2.28. The van der Waals surface area contributed by atoms with Crippen molar-refractivity contribution in [2.75, 3.05) is 23.8 Å². The lowest BCUT2D eigenvalue weighted by Gasteiger charge is -2.29. The molecule has 0 bridgehead atoms. The monoisotopic (exact) mass is 307 g/mol. The molecule has 0 amide bonds. The lowest BCUT2D eigenvalue weighted by Crippen LogP contribution is -2.33. The molecule has 1 saturated heterocycles. The molecule has 3 rings (SSSR count). The van der Waals surface area contributed by atoms with Gasteiger partial charge in [0, 0.05) is 27.9 Å². The highest BCUT2D eigenvalue weighted by atomic mass is 32.2. The molecule has 4 heteroatoms. The summed E-state index contributed by atoms with van der Waals surface area (Å²) >= 11 is 4.15. The predicted octanol–water partition coefficient (Wildman–Crippen LogP) is 4.32. The molecule has 108 valence electrons. The minimum atomic E-state index is 0.333. The van der Waals surface area contributed by atoms with Crippen LogP contribution in [-0.2, 0) is 0 Å². The summed E-state index contributed by atoms with van der Waals surface area (Å²) < 4.78 is 6.10. The molecule has 1 aliphatic rings. The van der Waals surface area contributed by atoms with Crippen molar-refractivity contribution in [3.63, 3.8) is 0 Å². The molecule has 20 heavy (non-hydrogen) atoms. The number of hydrogen-bond donors (Lipinski definition) is 1. The number of benzene rings is 1. The van der Waals surface area contributed by atoms with Crippen LogP contribution in [0.2, 0.25) is 0 Å². The Labute approximate surface area is 129 Å². The summed E-state index contributed by atoms with van der Waals surface area (Å²) in [5, 5.41) is 5.51. The van der Waals surface area contributed by atoms with Crippen molar-refractivity contribution >= 4 is 34.5 Å². The number of thioether (sulfide) groups is 2. The van der Waals surface area contributed by atoms with Gasteiger partial charge in [-0.2, -0.15) is 23.5 Å². The van der Waals surface area contributed by atoms with Crippen molar-refractivity contribution in [3.05, 3.63) is 36.1 Å².